The van der Waals surface area contributed by atoms with Crippen molar-refractivity contribution in [1.82, 2.24) is 10.6 Å². The van der Waals surface area contributed by atoms with Crippen LogP contribution in [0.4, 0.5) is 0 Å². The van der Waals surface area contributed by atoms with Gasteiger partial charge in [-0.1, -0.05) is 6.92 Å². The van der Waals surface area contributed by atoms with Gasteiger partial charge in [-0.3, -0.25) is 14.9 Å². The molecule has 4 nitrogen and oxygen atoms in total. The summed E-state index contributed by atoms with van der Waals surface area (Å²) in [6.45, 7) is 3.12. The summed E-state index contributed by atoms with van der Waals surface area (Å²) in [5.41, 5.74) is 0. The van der Waals surface area contributed by atoms with Crippen molar-refractivity contribution in [2.24, 2.45) is 5.92 Å². The minimum Gasteiger partial charge on any atom is -0.315 e. The normalized spacial score (nSPS) is 17.2. The van der Waals surface area contributed by atoms with Crippen LogP contribution in [0.5, 0.6) is 0 Å². The Morgan fingerprint density at radius 2 is 2.18 bits per heavy atom. The van der Waals surface area contributed by atoms with E-state index >= 15 is 0 Å². The highest BCUT2D eigenvalue weighted by atomic mass is 16.2. The summed E-state index contributed by atoms with van der Waals surface area (Å²) in [7, 11) is 0. The number of carbonyl (C=O) groups is 2. The lowest BCUT2D eigenvalue weighted by Gasteiger charge is -2.25. The maximum absolute atomic E-state index is 11.0. The molecule has 0 unspecified atom stereocenters. The Bertz CT molecular complexity index is 175. The molecule has 0 aromatic carbocycles. The van der Waals surface area contributed by atoms with Gasteiger partial charge in [0.25, 0.3) is 0 Å². The van der Waals surface area contributed by atoms with Crippen molar-refractivity contribution >= 4 is 11.8 Å². The van der Waals surface area contributed by atoms with Gasteiger partial charge in [0.1, 0.15) is 0 Å². The Morgan fingerprint density at radius 1 is 1.55 bits per heavy atom. The fourth-order valence-corrected chi connectivity index (χ4v) is 0.802. The Hall–Kier alpha value is -0.900. The Kier molecular flexibility index (Phi) is 2.59. The van der Waals surface area contributed by atoms with E-state index in [1.165, 1.54) is 0 Å². The minimum absolute atomic E-state index is 0.00509. The molecule has 2 amide bonds. The van der Waals surface area contributed by atoms with Gasteiger partial charge in [-0.2, -0.15) is 0 Å². The van der Waals surface area contributed by atoms with Crippen LogP contribution in [-0.4, -0.2) is 24.9 Å². The molecule has 2 N–H and O–H groups in total. The van der Waals surface area contributed by atoms with Crippen molar-refractivity contribution in [1.29, 1.82) is 0 Å². The van der Waals surface area contributed by atoms with E-state index in [4.69, 9.17) is 0 Å². The Morgan fingerprint density at radius 3 is 2.55 bits per heavy atom. The largest absolute Gasteiger partial charge is 0.315 e. The third kappa shape index (κ3) is 2.01. The van der Waals surface area contributed by atoms with Crippen molar-refractivity contribution in [2.45, 2.75) is 13.3 Å². The van der Waals surface area contributed by atoms with Crippen LogP contribution in [0.3, 0.4) is 0 Å². The molecule has 1 saturated heterocycles. The highest BCUT2D eigenvalue weighted by Gasteiger charge is 2.25. The molecule has 0 aliphatic carbocycles. The molecule has 4 heteroatoms. The summed E-state index contributed by atoms with van der Waals surface area (Å²) in [5, 5.41) is 5.27. The molecule has 1 rings (SSSR count). The number of amides is 2. The zero-order valence-electron chi connectivity index (χ0n) is 6.52. The molecule has 0 atom stereocenters. The molecule has 11 heavy (non-hydrogen) atoms. The van der Waals surface area contributed by atoms with Gasteiger partial charge in [0.05, 0.1) is 5.92 Å². The van der Waals surface area contributed by atoms with E-state index < -0.39 is 0 Å². The van der Waals surface area contributed by atoms with Crippen LogP contribution in [0.2, 0.25) is 0 Å². The lowest BCUT2D eigenvalue weighted by Crippen LogP contribution is -2.51. The summed E-state index contributed by atoms with van der Waals surface area (Å²) in [5.74, 6) is -0.331. The van der Waals surface area contributed by atoms with Gasteiger partial charge in [-0.25, -0.2) is 0 Å². The maximum atomic E-state index is 11.0. The van der Waals surface area contributed by atoms with Crippen molar-refractivity contribution in [2.75, 3.05) is 13.1 Å². The van der Waals surface area contributed by atoms with Crippen LogP contribution < -0.4 is 10.6 Å². The zero-order valence-corrected chi connectivity index (χ0v) is 6.52. The average Bonchev–Trinajstić information content (AvgIpc) is 1.83. The van der Waals surface area contributed by atoms with Crippen LogP contribution in [-0.2, 0) is 9.59 Å². The second-order valence-electron chi connectivity index (χ2n) is 2.62. The predicted molar refractivity (Wildman–Crippen MR) is 39.8 cm³/mol. The molecule has 0 spiro atoms. The van der Waals surface area contributed by atoms with Gasteiger partial charge in [0, 0.05) is 19.5 Å². The summed E-state index contributed by atoms with van der Waals surface area (Å²) >= 11 is 0. The summed E-state index contributed by atoms with van der Waals surface area (Å²) in [4.78, 5) is 21.7. The van der Waals surface area contributed by atoms with Crippen LogP contribution in [0.15, 0.2) is 0 Å². The average molecular weight is 156 g/mol. The molecule has 0 aromatic heterocycles. The first-order valence-electron chi connectivity index (χ1n) is 3.78. The van der Waals surface area contributed by atoms with Crippen molar-refractivity contribution < 1.29 is 9.59 Å². The van der Waals surface area contributed by atoms with Gasteiger partial charge < -0.3 is 5.32 Å². The standard InChI is InChI=1S/C7H12N2O2/c1-2-6(10)9-7(11)5-3-8-4-5/h5,8H,2-4H2,1H3,(H,9,10,11). The van der Waals surface area contributed by atoms with E-state index in [0.29, 0.717) is 19.5 Å². The number of imide groups is 1. The third-order valence-corrected chi connectivity index (χ3v) is 1.74. The van der Waals surface area contributed by atoms with E-state index in [9.17, 15) is 9.59 Å². The molecule has 1 heterocycles. The predicted octanol–water partition coefficient (Wildman–Crippen LogP) is -0.741. The van der Waals surface area contributed by atoms with Gasteiger partial charge in [0.2, 0.25) is 11.8 Å². The third-order valence-electron chi connectivity index (χ3n) is 1.74. The first-order valence-corrected chi connectivity index (χ1v) is 3.78. The first-order chi connectivity index (χ1) is 5.24. The van der Waals surface area contributed by atoms with E-state index in [0.717, 1.165) is 0 Å². The van der Waals surface area contributed by atoms with E-state index in [-0.39, 0.29) is 17.7 Å². The maximum Gasteiger partial charge on any atom is 0.232 e. The van der Waals surface area contributed by atoms with E-state index in [1.54, 1.807) is 6.92 Å². The number of carbonyl (C=O) groups excluding carboxylic acids is 2. The molecule has 1 aliphatic heterocycles. The summed E-state index contributed by atoms with van der Waals surface area (Å²) in [6, 6.07) is 0. The Labute approximate surface area is 65.3 Å². The first kappa shape index (κ1) is 8.20. The molecule has 1 aliphatic rings. The Balaban J connectivity index is 2.25. The van der Waals surface area contributed by atoms with Gasteiger partial charge in [-0.15, -0.1) is 0 Å². The summed E-state index contributed by atoms with van der Waals surface area (Å²) < 4.78 is 0. The lowest BCUT2D eigenvalue weighted by atomic mass is 10.0. The smallest absolute Gasteiger partial charge is 0.232 e. The fraction of sp³-hybridized carbons (Fsp3) is 0.714. The van der Waals surface area contributed by atoms with Crippen molar-refractivity contribution in [3.8, 4) is 0 Å². The second-order valence-corrected chi connectivity index (χ2v) is 2.62. The highest BCUT2D eigenvalue weighted by molar-refractivity contribution is 5.96. The van der Waals surface area contributed by atoms with Crippen molar-refractivity contribution in [3.63, 3.8) is 0 Å². The quantitative estimate of drug-likeness (QED) is 0.553. The second kappa shape index (κ2) is 3.48. The number of nitrogens with one attached hydrogen (secondary N) is 2. The van der Waals surface area contributed by atoms with Crippen LogP contribution in [0, 0.1) is 5.92 Å². The minimum atomic E-state index is -0.193. The number of hydrogen-bond donors (Lipinski definition) is 2. The molecular formula is C7H12N2O2. The lowest BCUT2D eigenvalue weighted by molar-refractivity contribution is -0.133. The van der Waals surface area contributed by atoms with Gasteiger partial charge in [-0.05, 0) is 0 Å². The molecule has 0 aromatic rings. The highest BCUT2D eigenvalue weighted by Crippen LogP contribution is 2.01. The molecule has 62 valence electrons. The van der Waals surface area contributed by atoms with E-state index in [2.05, 4.69) is 10.6 Å². The monoisotopic (exact) mass is 156 g/mol. The van der Waals surface area contributed by atoms with Crippen LogP contribution in [0.25, 0.3) is 0 Å². The SMILES string of the molecule is CCC(=O)NC(=O)C1CNC1. The molecule has 0 radical (unpaired) electrons. The fourth-order valence-electron chi connectivity index (χ4n) is 0.802. The number of hydrogen-bond acceptors (Lipinski definition) is 3. The van der Waals surface area contributed by atoms with E-state index in [1.807, 2.05) is 0 Å². The molecule has 1 fully saturated rings. The topological polar surface area (TPSA) is 58.2 Å². The van der Waals surface area contributed by atoms with Crippen LogP contribution >= 0.6 is 0 Å². The molecular weight excluding hydrogens is 144 g/mol. The van der Waals surface area contributed by atoms with Gasteiger partial charge in [0.15, 0.2) is 0 Å². The van der Waals surface area contributed by atoms with Crippen LogP contribution in [0.1, 0.15) is 13.3 Å². The summed E-state index contributed by atoms with van der Waals surface area (Å²) in [6.07, 6.45) is 0.367. The number of rotatable bonds is 2. The molecule has 0 saturated carbocycles. The van der Waals surface area contributed by atoms with Gasteiger partial charge >= 0.3 is 0 Å². The van der Waals surface area contributed by atoms with Crippen molar-refractivity contribution in [3.05, 3.63) is 0 Å². The zero-order chi connectivity index (χ0) is 8.27. The molecule has 0 bridgehead atoms.